The van der Waals surface area contributed by atoms with Crippen molar-refractivity contribution in [1.29, 1.82) is 0 Å². The van der Waals surface area contributed by atoms with Crippen molar-refractivity contribution in [3.8, 4) is 0 Å². The molecular weight excluding hydrogens is 204 g/mol. The number of nitrogens with two attached hydrogens (primary N) is 1. The number of carbonyl (C=O) groups is 1. The standard InChI is InChI=1S/C12H18N2O2/c1-2-10(15)8-14-12(16)11(13)9-6-4-3-5-7-9/h3-7,10-11,15H,2,8,13H2,1H3,(H,14,16)/t10?,11-/m0/s1. The predicted molar refractivity (Wildman–Crippen MR) is 62.7 cm³/mol. The van der Waals surface area contributed by atoms with Crippen molar-refractivity contribution in [3.63, 3.8) is 0 Å². The molecule has 1 aromatic carbocycles. The second-order valence-corrected chi connectivity index (χ2v) is 3.70. The number of hydrogen-bond donors (Lipinski definition) is 3. The molecule has 0 aromatic heterocycles. The maximum absolute atomic E-state index is 11.6. The Kier molecular flexibility index (Phi) is 4.95. The number of aliphatic hydroxyl groups excluding tert-OH is 1. The molecule has 4 N–H and O–H groups in total. The highest BCUT2D eigenvalue weighted by atomic mass is 16.3. The van der Waals surface area contributed by atoms with Crippen molar-refractivity contribution in [1.82, 2.24) is 5.32 Å². The number of benzene rings is 1. The fourth-order valence-corrected chi connectivity index (χ4v) is 1.28. The molecule has 4 heteroatoms. The van der Waals surface area contributed by atoms with Crippen LogP contribution in [0.1, 0.15) is 24.9 Å². The molecular formula is C12H18N2O2. The molecule has 0 saturated carbocycles. The molecule has 4 nitrogen and oxygen atoms in total. The van der Waals surface area contributed by atoms with E-state index < -0.39 is 12.1 Å². The van der Waals surface area contributed by atoms with Gasteiger partial charge in [0.1, 0.15) is 6.04 Å². The van der Waals surface area contributed by atoms with Crippen LogP contribution in [0.2, 0.25) is 0 Å². The minimum Gasteiger partial charge on any atom is -0.391 e. The fourth-order valence-electron chi connectivity index (χ4n) is 1.28. The molecule has 1 amide bonds. The molecule has 16 heavy (non-hydrogen) atoms. The zero-order valence-electron chi connectivity index (χ0n) is 9.39. The van der Waals surface area contributed by atoms with Gasteiger partial charge in [-0.2, -0.15) is 0 Å². The van der Waals surface area contributed by atoms with E-state index in [0.29, 0.717) is 6.42 Å². The van der Waals surface area contributed by atoms with Crippen molar-refractivity contribution in [2.24, 2.45) is 5.73 Å². The van der Waals surface area contributed by atoms with E-state index in [1.807, 2.05) is 25.1 Å². The Morgan fingerprint density at radius 1 is 1.44 bits per heavy atom. The summed E-state index contributed by atoms with van der Waals surface area (Å²) in [5, 5.41) is 11.9. The first-order valence-corrected chi connectivity index (χ1v) is 5.41. The fraction of sp³-hybridized carbons (Fsp3) is 0.417. The zero-order valence-corrected chi connectivity index (χ0v) is 9.39. The summed E-state index contributed by atoms with van der Waals surface area (Å²) in [6.45, 7) is 2.10. The van der Waals surface area contributed by atoms with Crippen molar-refractivity contribution >= 4 is 5.91 Å². The zero-order chi connectivity index (χ0) is 12.0. The molecule has 0 radical (unpaired) electrons. The van der Waals surface area contributed by atoms with Crippen LogP contribution in [0.15, 0.2) is 30.3 Å². The van der Waals surface area contributed by atoms with Gasteiger partial charge in [0.15, 0.2) is 0 Å². The third kappa shape index (κ3) is 3.64. The van der Waals surface area contributed by atoms with Gasteiger partial charge in [0.05, 0.1) is 6.10 Å². The maximum Gasteiger partial charge on any atom is 0.241 e. The van der Waals surface area contributed by atoms with Crippen molar-refractivity contribution in [2.45, 2.75) is 25.5 Å². The average molecular weight is 222 g/mol. The van der Waals surface area contributed by atoms with Gasteiger partial charge < -0.3 is 16.2 Å². The Bertz CT molecular complexity index is 327. The molecule has 1 unspecified atom stereocenters. The van der Waals surface area contributed by atoms with Gasteiger partial charge in [-0.1, -0.05) is 37.3 Å². The average Bonchev–Trinajstić information content (AvgIpc) is 2.35. The molecule has 0 fully saturated rings. The molecule has 0 heterocycles. The minimum atomic E-state index is -0.676. The highest BCUT2D eigenvalue weighted by molar-refractivity contribution is 5.82. The van der Waals surface area contributed by atoms with Gasteiger partial charge in [0, 0.05) is 6.54 Å². The van der Waals surface area contributed by atoms with Gasteiger partial charge in [-0.15, -0.1) is 0 Å². The lowest BCUT2D eigenvalue weighted by Crippen LogP contribution is -2.38. The number of amides is 1. The first kappa shape index (κ1) is 12.7. The van der Waals surface area contributed by atoms with E-state index in [0.717, 1.165) is 5.56 Å². The highest BCUT2D eigenvalue weighted by Gasteiger charge is 2.15. The van der Waals surface area contributed by atoms with E-state index in [4.69, 9.17) is 5.73 Å². The maximum atomic E-state index is 11.6. The molecule has 1 rings (SSSR count). The predicted octanol–water partition coefficient (Wildman–Crippen LogP) is 0.573. The first-order chi connectivity index (χ1) is 7.65. The van der Waals surface area contributed by atoms with E-state index in [1.54, 1.807) is 12.1 Å². The third-order valence-electron chi connectivity index (χ3n) is 2.42. The highest BCUT2D eigenvalue weighted by Crippen LogP contribution is 2.08. The van der Waals surface area contributed by atoms with Crippen LogP contribution < -0.4 is 11.1 Å². The number of nitrogens with one attached hydrogen (secondary N) is 1. The van der Waals surface area contributed by atoms with Crippen molar-refractivity contribution < 1.29 is 9.90 Å². The number of aliphatic hydroxyl groups is 1. The molecule has 88 valence electrons. The van der Waals surface area contributed by atoms with E-state index in [9.17, 15) is 9.90 Å². The smallest absolute Gasteiger partial charge is 0.241 e. The normalized spacial score (nSPS) is 14.2. The van der Waals surface area contributed by atoms with Gasteiger partial charge in [0.2, 0.25) is 5.91 Å². The number of rotatable bonds is 5. The molecule has 0 aliphatic carbocycles. The monoisotopic (exact) mass is 222 g/mol. The minimum absolute atomic E-state index is 0.246. The topological polar surface area (TPSA) is 75.3 Å². The molecule has 1 aromatic rings. The number of hydrogen-bond acceptors (Lipinski definition) is 3. The summed E-state index contributed by atoms with van der Waals surface area (Å²) in [5.41, 5.74) is 6.54. The lowest BCUT2D eigenvalue weighted by molar-refractivity contribution is -0.122. The second kappa shape index (κ2) is 6.25. The molecule has 0 aliphatic heterocycles. The lowest BCUT2D eigenvalue weighted by Gasteiger charge is -2.14. The summed E-state index contributed by atoms with van der Waals surface area (Å²) < 4.78 is 0. The summed E-state index contributed by atoms with van der Waals surface area (Å²) in [6.07, 6.45) is 0.104. The van der Waals surface area contributed by atoms with E-state index in [1.165, 1.54) is 0 Å². The summed E-state index contributed by atoms with van der Waals surface area (Å²) in [6, 6.07) is 8.48. The summed E-state index contributed by atoms with van der Waals surface area (Å²) in [4.78, 5) is 11.6. The number of carbonyl (C=O) groups excluding carboxylic acids is 1. The second-order valence-electron chi connectivity index (χ2n) is 3.70. The Hall–Kier alpha value is -1.39. The van der Waals surface area contributed by atoms with Crippen LogP contribution in [0.3, 0.4) is 0 Å². The SMILES string of the molecule is CCC(O)CNC(=O)[C@@H](N)c1ccccc1. The largest absolute Gasteiger partial charge is 0.391 e. The lowest BCUT2D eigenvalue weighted by atomic mass is 10.1. The van der Waals surface area contributed by atoms with Crippen LogP contribution in [0.25, 0.3) is 0 Å². The van der Waals surface area contributed by atoms with Gasteiger partial charge in [-0.3, -0.25) is 4.79 Å². The van der Waals surface area contributed by atoms with Gasteiger partial charge in [-0.25, -0.2) is 0 Å². The Morgan fingerprint density at radius 2 is 2.06 bits per heavy atom. The molecule has 2 atom stereocenters. The van der Waals surface area contributed by atoms with Crippen LogP contribution >= 0.6 is 0 Å². The molecule has 0 saturated heterocycles. The quantitative estimate of drug-likeness (QED) is 0.682. The van der Waals surface area contributed by atoms with Crippen LogP contribution in [0, 0.1) is 0 Å². The molecule has 0 aliphatic rings. The van der Waals surface area contributed by atoms with E-state index in [-0.39, 0.29) is 12.5 Å². The molecule has 0 spiro atoms. The Morgan fingerprint density at radius 3 is 2.62 bits per heavy atom. The van der Waals surface area contributed by atoms with E-state index in [2.05, 4.69) is 5.32 Å². The van der Waals surface area contributed by atoms with Gasteiger partial charge in [-0.05, 0) is 12.0 Å². The van der Waals surface area contributed by atoms with Crippen molar-refractivity contribution in [3.05, 3.63) is 35.9 Å². The summed E-state index contributed by atoms with van der Waals surface area (Å²) in [5.74, 6) is -0.265. The summed E-state index contributed by atoms with van der Waals surface area (Å²) in [7, 11) is 0. The molecule has 0 bridgehead atoms. The van der Waals surface area contributed by atoms with Crippen LogP contribution in [0.4, 0.5) is 0 Å². The van der Waals surface area contributed by atoms with Crippen LogP contribution in [-0.2, 0) is 4.79 Å². The summed E-state index contributed by atoms with van der Waals surface area (Å²) >= 11 is 0. The van der Waals surface area contributed by atoms with Crippen LogP contribution in [0.5, 0.6) is 0 Å². The third-order valence-corrected chi connectivity index (χ3v) is 2.42. The van der Waals surface area contributed by atoms with Gasteiger partial charge in [0.25, 0.3) is 0 Å². The Balaban J connectivity index is 2.49. The Labute approximate surface area is 95.5 Å². The van der Waals surface area contributed by atoms with Gasteiger partial charge >= 0.3 is 0 Å². The van der Waals surface area contributed by atoms with E-state index >= 15 is 0 Å². The van der Waals surface area contributed by atoms with Crippen LogP contribution in [-0.4, -0.2) is 23.7 Å². The van der Waals surface area contributed by atoms with Crippen molar-refractivity contribution in [2.75, 3.05) is 6.54 Å². The first-order valence-electron chi connectivity index (χ1n) is 5.41.